The van der Waals surface area contributed by atoms with Gasteiger partial charge in [0.05, 0.1) is 5.57 Å². The molecule has 0 bridgehead atoms. The van der Waals surface area contributed by atoms with Gasteiger partial charge in [-0.15, -0.1) is 0 Å². The van der Waals surface area contributed by atoms with Gasteiger partial charge in [-0.05, 0) is 48.2 Å². The van der Waals surface area contributed by atoms with E-state index in [2.05, 4.69) is 0 Å². The van der Waals surface area contributed by atoms with Crippen molar-refractivity contribution < 1.29 is 27.8 Å². The van der Waals surface area contributed by atoms with Crippen molar-refractivity contribution in [2.45, 2.75) is 25.6 Å². The second-order valence-corrected chi connectivity index (χ2v) is 5.92. The summed E-state index contributed by atoms with van der Waals surface area (Å²) < 4.78 is 44.5. The lowest BCUT2D eigenvalue weighted by atomic mass is 9.94. The van der Waals surface area contributed by atoms with Crippen LogP contribution in [0.4, 0.5) is 13.2 Å². The number of halogens is 3. The van der Waals surface area contributed by atoms with Crippen LogP contribution < -0.4 is 4.74 Å². The summed E-state index contributed by atoms with van der Waals surface area (Å²) in [6.07, 6.45) is -5.68. The highest BCUT2D eigenvalue weighted by molar-refractivity contribution is 5.95. The van der Waals surface area contributed by atoms with Crippen molar-refractivity contribution >= 4 is 12.0 Å². The zero-order valence-corrected chi connectivity index (χ0v) is 13.3. The Hall–Kier alpha value is -2.76. The van der Waals surface area contributed by atoms with E-state index < -0.39 is 23.8 Å². The summed E-state index contributed by atoms with van der Waals surface area (Å²) >= 11 is 0. The third kappa shape index (κ3) is 3.52. The first-order valence-corrected chi connectivity index (χ1v) is 7.61. The van der Waals surface area contributed by atoms with Gasteiger partial charge in [-0.2, -0.15) is 13.2 Å². The topological polar surface area (TPSA) is 46.5 Å². The fourth-order valence-corrected chi connectivity index (χ4v) is 2.82. The summed E-state index contributed by atoms with van der Waals surface area (Å²) in [6, 6.07) is 12.7. The Morgan fingerprint density at radius 2 is 1.88 bits per heavy atom. The van der Waals surface area contributed by atoms with Crippen LogP contribution >= 0.6 is 0 Å². The maximum atomic E-state index is 13.1. The zero-order chi connectivity index (χ0) is 18.2. The molecule has 2 aromatic rings. The predicted molar refractivity (Wildman–Crippen MR) is 86.5 cm³/mol. The molecule has 1 unspecified atom stereocenters. The first-order valence-electron chi connectivity index (χ1n) is 7.61. The highest BCUT2D eigenvalue weighted by Gasteiger charge is 2.48. The molecule has 1 aliphatic rings. The number of fused-ring (bicyclic) bond motifs is 1. The molecule has 1 heterocycles. The van der Waals surface area contributed by atoms with Gasteiger partial charge in [0.1, 0.15) is 5.75 Å². The van der Waals surface area contributed by atoms with E-state index in [-0.39, 0.29) is 5.75 Å². The first-order chi connectivity index (χ1) is 11.8. The van der Waals surface area contributed by atoms with Gasteiger partial charge in [0.2, 0.25) is 6.10 Å². The van der Waals surface area contributed by atoms with Crippen molar-refractivity contribution in [3.63, 3.8) is 0 Å². The maximum absolute atomic E-state index is 13.1. The summed E-state index contributed by atoms with van der Waals surface area (Å²) in [5.41, 5.74) is 2.24. The molecule has 0 amide bonds. The normalized spacial score (nSPS) is 16.6. The second-order valence-electron chi connectivity index (χ2n) is 5.92. The van der Waals surface area contributed by atoms with Gasteiger partial charge in [-0.1, -0.05) is 30.3 Å². The number of carbonyl (C=O) groups is 1. The largest absolute Gasteiger partial charge is 0.478 e. The molecule has 0 fully saturated rings. The van der Waals surface area contributed by atoms with Gasteiger partial charge in [-0.25, -0.2) is 4.79 Å². The number of benzene rings is 2. The second kappa shape index (κ2) is 6.27. The van der Waals surface area contributed by atoms with Crippen LogP contribution in [0, 0.1) is 6.92 Å². The molecule has 0 radical (unpaired) electrons. The van der Waals surface area contributed by atoms with Crippen LogP contribution in [0.2, 0.25) is 0 Å². The fraction of sp³-hybridized carbons (Fsp3) is 0.211. The van der Waals surface area contributed by atoms with E-state index in [0.29, 0.717) is 12.0 Å². The van der Waals surface area contributed by atoms with Crippen molar-refractivity contribution in [1.82, 2.24) is 0 Å². The van der Waals surface area contributed by atoms with Crippen LogP contribution in [-0.2, 0) is 11.2 Å². The summed E-state index contributed by atoms with van der Waals surface area (Å²) in [4.78, 5) is 11.2. The van der Waals surface area contributed by atoms with Crippen LogP contribution in [0.15, 0.2) is 48.0 Å². The molecular formula is C19H15F3O3. The molecule has 0 aromatic heterocycles. The number of alkyl halides is 3. The average molecular weight is 348 g/mol. The van der Waals surface area contributed by atoms with Crippen molar-refractivity contribution in [3.8, 4) is 5.75 Å². The lowest BCUT2D eigenvalue weighted by Crippen LogP contribution is -2.40. The molecule has 130 valence electrons. The molecular weight excluding hydrogens is 333 g/mol. The van der Waals surface area contributed by atoms with Crippen LogP contribution in [0.1, 0.15) is 22.3 Å². The SMILES string of the molecule is Cc1cc2c(cc1Cc1ccccc1)OC(C(F)(F)F)C(C(=O)O)=C2. The van der Waals surface area contributed by atoms with Gasteiger partial charge in [0, 0.05) is 5.56 Å². The maximum Gasteiger partial charge on any atom is 0.430 e. The average Bonchev–Trinajstić information content (AvgIpc) is 2.54. The first kappa shape index (κ1) is 17.1. The Labute approximate surface area is 142 Å². The summed E-state index contributed by atoms with van der Waals surface area (Å²) in [5, 5.41) is 9.07. The van der Waals surface area contributed by atoms with Gasteiger partial charge >= 0.3 is 12.1 Å². The van der Waals surface area contributed by atoms with E-state index in [1.165, 1.54) is 0 Å². The van der Waals surface area contributed by atoms with E-state index in [4.69, 9.17) is 9.84 Å². The lowest BCUT2D eigenvalue weighted by molar-refractivity contribution is -0.187. The Bertz CT molecular complexity index is 839. The number of hydrogen-bond acceptors (Lipinski definition) is 2. The minimum atomic E-state index is -4.80. The van der Waals surface area contributed by atoms with Crippen molar-refractivity contribution in [1.29, 1.82) is 0 Å². The third-order valence-corrected chi connectivity index (χ3v) is 4.09. The molecule has 0 saturated carbocycles. The number of hydrogen-bond donors (Lipinski definition) is 1. The van der Waals surface area contributed by atoms with Gasteiger partial charge in [0.15, 0.2) is 0 Å². The number of aryl methyl sites for hydroxylation is 1. The summed E-state index contributed by atoms with van der Waals surface area (Å²) in [6.45, 7) is 1.84. The molecule has 6 heteroatoms. The fourth-order valence-electron chi connectivity index (χ4n) is 2.82. The minimum Gasteiger partial charge on any atom is -0.478 e. The number of carboxylic acid groups (broad SMARTS) is 1. The quantitative estimate of drug-likeness (QED) is 0.896. The van der Waals surface area contributed by atoms with E-state index in [0.717, 1.165) is 22.8 Å². The van der Waals surface area contributed by atoms with Crippen LogP contribution in [0.25, 0.3) is 6.08 Å². The number of carboxylic acids is 1. The highest BCUT2D eigenvalue weighted by Crippen LogP contribution is 2.38. The Balaban J connectivity index is 2.02. The van der Waals surface area contributed by atoms with Crippen LogP contribution in [0.3, 0.4) is 0 Å². The minimum absolute atomic E-state index is 0.0452. The van der Waals surface area contributed by atoms with Crippen LogP contribution in [0.5, 0.6) is 5.75 Å². The number of rotatable bonds is 3. The van der Waals surface area contributed by atoms with Gasteiger partial charge in [-0.3, -0.25) is 0 Å². The number of ether oxygens (including phenoxy) is 1. The van der Waals surface area contributed by atoms with E-state index in [1.54, 1.807) is 12.1 Å². The molecule has 25 heavy (non-hydrogen) atoms. The summed E-state index contributed by atoms with van der Waals surface area (Å²) in [5.74, 6) is -1.59. The molecule has 1 aliphatic heterocycles. The number of aliphatic carboxylic acids is 1. The molecule has 0 spiro atoms. The zero-order valence-electron chi connectivity index (χ0n) is 13.3. The molecule has 0 aliphatic carbocycles. The lowest BCUT2D eigenvalue weighted by Gasteiger charge is -2.27. The van der Waals surface area contributed by atoms with Gasteiger partial charge < -0.3 is 9.84 Å². The van der Waals surface area contributed by atoms with E-state index in [1.807, 2.05) is 37.3 Å². The standard InChI is InChI=1S/C19H15F3O3/c1-11-7-14-9-15(18(23)24)17(19(20,21)22)25-16(14)10-13(11)8-12-5-3-2-4-6-12/h2-7,9-10,17H,8H2,1H3,(H,23,24). The van der Waals surface area contributed by atoms with Crippen molar-refractivity contribution in [2.75, 3.05) is 0 Å². The molecule has 2 aromatic carbocycles. The molecule has 0 saturated heterocycles. The molecule has 1 N–H and O–H groups in total. The van der Waals surface area contributed by atoms with E-state index >= 15 is 0 Å². The predicted octanol–water partition coefficient (Wildman–Crippen LogP) is 4.38. The molecule has 3 nitrogen and oxygen atoms in total. The Morgan fingerprint density at radius 1 is 1.20 bits per heavy atom. The Kier molecular flexibility index (Phi) is 4.29. The third-order valence-electron chi connectivity index (χ3n) is 4.09. The molecule has 3 rings (SSSR count). The Morgan fingerprint density at radius 3 is 2.48 bits per heavy atom. The van der Waals surface area contributed by atoms with Gasteiger partial charge in [0.25, 0.3) is 0 Å². The van der Waals surface area contributed by atoms with Crippen molar-refractivity contribution in [3.05, 3.63) is 70.3 Å². The monoisotopic (exact) mass is 348 g/mol. The summed E-state index contributed by atoms with van der Waals surface area (Å²) in [7, 11) is 0. The van der Waals surface area contributed by atoms with E-state index in [9.17, 15) is 18.0 Å². The van der Waals surface area contributed by atoms with Crippen molar-refractivity contribution in [2.24, 2.45) is 0 Å². The van der Waals surface area contributed by atoms with Crippen LogP contribution in [-0.4, -0.2) is 23.4 Å². The smallest absolute Gasteiger partial charge is 0.430 e. The molecule has 1 atom stereocenters. The highest BCUT2D eigenvalue weighted by atomic mass is 19.4.